The summed E-state index contributed by atoms with van der Waals surface area (Å²) in [5.74, 6) is 2.24. The van der Waals surface area contributed by atoms with Crippen molar-refractivity contribution in [1.82, 2.24) is 0 Å². The van der Waals surface area contributed by atoms with E-state index in [1.54, 1.807) is 25.2 Å². The van der Waals surface area contributed by atoms with Gasteiger partial charge in [-0.25, -0.2) is 0 Å². The van der Waals surface area contributed by atoms with Crippen molar-refractivity contribution in [2.45, 2.75) is 13.8 Å². The summed E-state index contributed by atoms with van der Waals surface area (Å²) < 4.78 is 10.5. The Morgan fingerprint density at radius 3 is 1.86 bits per heavy atom. The van der Waals surface area contributed by atoms with Crippen molar-refractivity contribution in [3.63, 3.8) is 0 Å². The smallest absolute Gasteiger partial charge is 0.252 e. The predicted octanol–water partition coefficient (Wildman–Crippen LogP) is 4.97. The molecule has 0 aliphatic heterocycles. The highest BCUT2D eigenvalue weighted by molar-refractivity contribution is 9.22. The van der Waals surface area contributed by atoms with Gasteiger partial charge in [-0.2, -0.15) is 0 Å². The highest BCUT2D eigenvalue weighted by atomic mass is 33.5. The molecule has 0 saturated carbocycles. The molecule has 0 aromatic carbocycles. The summed E-state index contributed by atoms with van der Waals surface area (Å²) in [6, 6.07) is 0. The highest BCUT2D eigenvalue weighted by Gasteiger charge is 2.23. The van der Waals surface area contributed by atoms with Crippen molar-refractivity contribution in [3.8, 4) is 0 Å². The van der Waals surface area contributed by atoms with Gasteiger partial charge >= 0.3 is 0 Å². The second-order valence-corrected chi connectivity index (χ2v) is 18.3. The van der Waals surface area contributed by atoms with Gasteiger partial charge < -0.3 is 9.05 Å². The fourth-order valence-corrected chi connectivity index (χ4v) is 23.6. The lowest BCUT2D eigenvalue weighted by Crippen LogP contribution is -1.80. The minimum atomic E-state index is -2.06. The zero-order valence-corrected chi connectivity index (χ0v) is 13.8. The minimum Gasteiger partial charge on any atom is -0.325 e. The summed E-state index contributed by atoms with van der Waals surface area (Å²) in [5.41, 5.74) is -2.27. The van der Waals surface area contributed by atoms with E-state index in [0.717, 1.165) is 11.5 Å². The maximum atomic E-state index is 5.33. The average Bonchev–Trinajstić information content (AvgIpc) is 2.18. The normalized spacial score (nSPS) is 12.4. The average molecular weight is 310 g/mol. The van der Waals surface area contributed by atoms with Gasteiger partial charge in [0.1, 0.15) is 0 Å². The van der Waals surface area contributed by atoms with E-state index in [4.69, 9.17) is 20.9 Å². The van der Waals surface area contributed by atoms with Gasteiger partial charge in [-0.15, -0.1) is 22.8 Å². The summed E-state index contributed by atoms with van der Waals surface area (Å²) in [5, 5.41) is 0. The molecule has 0 rings (SSSR count). The Balaban J connectivity index is 4.18. The first-order valence-corrected chi connectivity index (χ1v) is 13.3. The van der Waals surface area contributed by atoms with Gasteiger partial charge in [-0.1, -0.05) is 13.8 Å². The monoisotopic (exact) mass is 310 g/mol. The minimum absolute atomic E-state index is 0.215. The number of rotatable bonds is 8. The second kappa shape index (κ2) is 9.12. The van der Waals surface area contributed by atoms with E-state index >= 15 is 0 Å². The van der Waals surface area contributed by atoms with Crippen LogP contribution in [0.5, 0.6) is 0 Å². The molecule has 86 valence electrons. The molecule has 0 aromatic rings. The molecule has 0 saturated heterocycles. The molecule has 8 heteroatoms. The number of hydrogen-bond donors (Lipinski definition) is 0. The second-order valence-electron chi connectivity index (χ2n) is 1.95. The van der Waals surface area contributed by atoms with Gasteiger partial charge in [0, 0.05) is 14.2 Å². The molecule has 0 radical (unpaired) electrons. The Hall–Kier alpha value is 2.05. The van der Waals surface area contributed by atoms with Crippen molar-refractivity contribution in [2.75, 3.05) is 25.7 Å². The molecule has 0 atom stereocenters. The third-order valence-corrected chi connectivity index (χ3v) is 21.0. The summed E-state index contributed by atoms with van der Waals surface area (Å²) in [6.45, 7) is 4.33. The molecule has 0 fully saturated rings. The van der Waals surface area contributed by atoms with Gasteiger partial charge in [0.15, 0.2) is 0 Å². The third-order valence-electron chi connectivity index (χ3n) is 1.08. The first-order valence-electron chi connectivity index (χ1n) is 4.09. The molecule has 0 amide bonds. The molecule has 0 N–H and O–H groups in total. The van der Waals surface area contributed by atoms with Crippen LogP contribution in [-0.2, 0) is 20.9 Å². The van der Waals surface area contributed by atoms with Crippen LogP contribution in [0.3, 0.4) is 0 Å². The molecule has 0 aromatic heterocycles. The van der Waals surface area contributed by atoms with Crippen LogP contribution in [0.1, 0.15) is 13.8 Å². The lowest BCUT2D eigenvalue weighted by Gasteiger charge is -2.21. The molecule has 0 spiro atoms. The molecule has 0 aliphatic rings. The largest absolute Gasteiger partial charge is 0.325 e. The Morgan fingerprint density at radius 2 is 1.57 bits per heavy atom. The van der Waals surface area contributed by atoms with Crippen molar-refractivity contribution in [1.29, 1.82) is 0 Å². The van der Waals surface area contributed by atoms with E-state index in [-0.39, 0.29) is 5.53 Å². The van der Waals surface area contributed by atoms with Gasteiger partial charge in [-0.05, 0) is 34.3 Å². The van der Waals surface area contributed by atoms with Crippen LogP contribution in [0.15, 0.2) is 0 Å². The SMILES string of the molecule is CCSP(SCC)SP(=S)(OC)OC. The molecular formula is C6H16O2P2S4. The van der Waals surface area contributed by atoms with Gasteiger partial charge in [0.25, 0.3) is 5.69 Å². The maximum Gasteiger partial charge on any atom is 0.252 e. The molecule has 14 heavy (non-hydrogen) atoms. The maximum absolute atomic E-state index is 5.33. The molecule has 0 bridgehead atoms. The fourth-order valence-electron chi connectivity index (χ4n) is 0.518. The quantitative estimate of drug-likeness (QED) is 0.585. The van der Waals surface area contributed by atoms with E-state index in [2.05, 4.69) is 13.8 Å². The third kappa shape index (κ3) is 6.59. The Kier molecular flexibility index (Phi) is 10.5. The zero-order valence-electron chi connectivity index (χ0n) is 8.76. The lowest BCUT2D eigenvalue weighted by molar-refractivity contribution is 0.354. The van der Waals surface area contributed by atoms with E-state index in [0.29, 0.717) is 0 Å². The Bertz CT molecular complexity index is 179. The highest BCUT2D eigenvalue weighted by Crippen LogP contribution is 2.83. The first-order chi connectivity index (χ1) is 6.61. The van der Waals surface area contributed by atoms with E-state index in [9.17, 15) is 0 Å². The van der Waals surface area contributed by atoms with Crippen LogP contribution < -0.4 is 0 Å². The van der Waals surface area contributed by atoms with E-state index < -0.39 is 5.69 Å². The topological polar surface area (TPSA) is 18.5 Å². The van der Waals surface area contributed by atoms with Crippen molar-refractivity contribution >= 4 is 56.8 Å². The van der Waals surface area contributed by atoms with Gasteiger partial charge in [0.2, 0.25) is 0 Å². The van der Waals surface area contributed by atoms with E-state index in [1.807, 2.05) is 22.8 Å². The van der Waals surface area contributed by atoms with E-state index in [1.165, 1.54) is 0 Å². The van der Waals surface area contributed by atoms with Crippen LogP contribution in [0.25, 0.3) is 0 Å². The zero-order chi connectivity index (χ0) is 11.0. The van der Waals surface area contributed by atoms with Crippen LogP contribution >= 0.6 is 45.0 Å². The number of hydrogen-bond acceptors (Lipinski definition) is 6. The standard InChI is InChI=1S/C6H16O2P2S4/c1-5-12-9(13-6-2)14-10(11,7-3)8-4/h5-6H2,1-4H3. The van der Waals surface area contributed by atoms with Crippen LogP contribution in [-0.4, -0.2) is 25.7 Å². The van der Waals surface area contributed by atoms with Crippen molar-refractivity contribution < 1.29 is 9.05 Å². The first kappa shape index (κ1) is 16.1. The molecule has 0 aliphatic carbocycles. The lowest BCUT2D eigenvalue weighted by atomic mass is 11.0. The van der Waals surface area contributed by atoms with Gasteiger partial charge in [0.05, 0.1) is 5.53 Å². The summed E-state index contributed by atoms with van der Waals surface area (Å²) >= 11 is 10.9. The molecular weight excluding hydrogens is 294 g/mol. The summed E-state index contributed by atoms with van der Waals surface area (Å²) in [4.78, 5) is 0. The Labute approximate surface area is 105 Å². The van der Waals surface area contributed by atoms with Crippen LogP contribution in [0, 0.1) is 0 Å². The fraction of sp³-hybridized carbons (Fsp3) is 1.00. The predicted molar refractivity (Wildman–Crippen MR) is 79.1 cm³/mol. The molecule has 0 heterocycles. The van der Waals surface area contributed by atoms with Gasteiger partial charge in [-0.3, -0.25) is 0 Å². The summed E-state index contributed by atoms with van der Waals surface area (Å²) in [6.07, 6.45) is 0. The molecule has 0 unspecified atom stereocenters. The van der Waals surface area contributed by atoms with Crippen molar-refractivity contribution in [2.24, 2.45) is 0 Å². The van der Waals surface area contributed by atoms with Crippen LogP contribution in [0.2, 0.25) is 0 Å². The van der Waals surface area contributed by atoms with Crippen LogP contribution in [0.4, 0.5) is 0 Å². The Morgan fingerprint density at radius 1 is 1.14 bits per heavy atom. The van der Waals surface area contributed by atoms with Crippen molar-refractivity contribution in [3.05, 3.63) is 0 Å². The summed E-state index contributed by atoms with van der Waals surface area (Å²) in [7, 11) is 3.27. The molecule has 2 nitrogen and oxygen atoms in total.